The molecule has 0 aliphatic carbocycles. The topological polar surface area (TPSA) is 34.3 Å². The van der Waals surface area contributed by atoms with Crippen LogP contribution in [0.3, 0.4) is 0 Å². The average Bonchev–Trinajstić information content (AvgIpc) is 1.89. The molecule has 0 aliphatic rings. The van der Waals surface area contributed by atoms with E-state index in [0.29, 0.717) is 6.61 Å². The van der Waals surface area contributed by atoms with E-state index in [-0.39, 0.29) is 0 Å². The lowest BCUT2D eigenvalue weighted by Crippen LogP contribution is -1.98. The summed E-state index contributed by atoms with van der Waals surface area (Å²) >= 11 is 0. The Morgan fingerprint density at radius 3 is 2.33 bits per heavy atom. The predicted octanol–water partition coefficient (Wildman–Crippen LogP) is 0.773. The molecule has 1 radical (unpaired) electrons. The Morgan fingerprint density at radius 2 is 1.78 bits per heavy atom. The number of nitrogens with zero attached hydrogens (tertiary/aromatic N) is 1. The SMILES string of the molecule is C[N]CCCCCCO. The van der Waals surface area contributed by atoms with Crippen LogP contribution in [0.25, 0.3) is 0 Å². The fourth-order valence-corrected chi connectivity index (χ4v) is 0.735. The molecule has 0 atom stereocenters. The zero-order valence-corrected chi connectivity index (χ0v) is 6.14. The smallest absolute Gasteiger partial charge is 0.0431 e. The summed E-state index contributed by atoms with van der Waals surface area (Å²) in [6, 6.07) is 0. The van der Waals surface area contributed by atoms with Crippen LogP contribution in [0.15, 0.2) is 0 Å². The number of rotatable bonds is 6. The summed E-state index contributed by atoms with van der Waals surface area (Å²) < 4.78 is 0. The summed E-state index contributed by atoms with van der Waals surface area (Å²) in [7, 11) is 1.84. The molecule has 2 heteroatoms. The van der Waals surface area contributed by atoms with Gasteiger partial charge in [-0.2, -0.15) is 0 Å². The largest absolute Gasteiger partial charge is 0.396 e. The summed E-state index contributed by atoms with van der Waals surface area (Å²) in [5.41, 5.74) is 0. The average molecular weight is 130 g/mol. The van der Waals surface area contributed by atoms with E-state index in [4.69, 9.17) is 5.11 Å². The van der Waals surface area contributed by atoms with Gasteiger partial charge in [0.25, 0.3) is 0 Å². The van der Waals surface area contributed by atoms with Gasteiger partial charge in [-0.05, 0) is 12.8 Å². The predicted molar refractivity (Wildman–Crippen MR) is 38.5 cm³/mol. The second-order valence-corrected chi connectivity index (χ2v) is 2.18. The summed E-state index contributed by atoms with van der Waals surface area (Å²) in [6.45, 7) is 1.31. The van der Waals surface area contributed by atoms with Gasteiger partial charge >= 0.3 is 0 Å². The first-order chi connectivity index (χ1) is 4.41. The molecule has 0 unspecified atom stereocenters. The molecule has 1 N–H and O–H groups in total. The summed E-state index contributed by atoms with van der Waals surface area (Å²) in [6.07, 6.45) is 4.48. The van der Waals surface area contributed by atoms with Crippen molar-refractivity contribution in [2.24, 2.45) is 0 Å². The second-order valence-electron chi connectivity index (χ2n) is 2.18. The normalized spacial score (nSPS) is 10.0. The molecule has 0 aliphatic heterocycles. The minimum absolute atomic E-state index is 0.337. The van der Waals surface area contributed by atoms with Crippen molar-refractivity contribution in [1.29, 1.82) is 0 Å². The van der Waals surface area contributed by atoms with Crippen LogP contribution in [-0.2, 0) is 0 Å². The van der Waals surface area contributed by atoms with Gasteiger partial charge in [0.1, 0.15) is 0 Å². The molecule has 55 valence electrons. The van der Waals surface area contributed by atoms with Gasteiger partial charge in [-0.15, -0.1) is 0 Å². The zero-order chi connectivity index (χ0) is 6.95. The summed E-state index contributed by atoms with van der Waals surface area (Å²) in [5.74, 6) is 0. The van der Waals surface area contributed by atoms with Crippen molar-refractivity contribution >= 4 is 0 Å². The lowest BCUT2D eigenvalue weighted by Gasteiger charge is -1.96. The molecule has 0 saturated carbocycles. The van der Waals surface area contributed by atoms with Gasteiger partial charge in [-0.3, -0.25) is 0 Å². The standard InChI is InChI=1S/C7H16NO/c1-8-6-4-2-3-5-7-9/h9H,2-7H2,1H3. The molecule has 0 fully saturated rings. The first-order valence-corrected chi connectivity index (χ1v) is 3.58. The molecule has 0 aromatic rings. The molecule has 0 spiro atoms. The summed E-state index contributed by atoms with van der Waals surface area (Å²) in [5, 5.41) is 12.4. The third-order valence-electron chi connectivity index (χ3n) is 1.29. The first kappa shape index (κ1) is 8.92. The number of hydrogen-bond donors (Lipinski definition) is 1. The maximum absolute atomic E-state index is 8.40. The highest BCUT2D eigenvalue weighted by Gasteiger charge is 1.86. The van der Waals surface area contributed by atoms with Gasteiger partial charge in [0, 0.05) is 20.2 Å². The molecule has 0 rings (SSSR count). The van der Waals surface area contributed by atoms with Gasteiger partial charge < -0.3 is 5.11 Å². The zero-order valence-electron chi connectivity index (χ0n) is 6.14. The molecule has 0 heterocycles. The van der Waals surface area contributed by atoms with Gasteiger partial charge in [0.15, 0.2) is 0 Å². The van der Waals surface area contributed by atoms with Gasteiger partial charge in [-0.1, -0.05) is 12.8 Å². The Labute approximate surface area is 57.3 Å². The third kappa shape index (κ3) is 7.92. The molecule has 0 saturated heterocycles. The Kier molecular flexibility index (Phi) is 7.85. The van der Waals surface area contributed by atoms with E-state index in [2.05, 4.69) is 5.32 Å². The summed E-state index contributed by atoms with van der Waals surface area (Å²) in [4.78, 5) is 0. The van der Waals surface area contributed by atoms with E-state index < -0.39 is 0 Å². The van der Waals surface area contributed by atoms with Crippen LogP contribution in [0.1, 0.15) is 25.7 Å². The lowest BCUT2D eigenvalue weighted by molar-refractivity contribution is 0.282. The molecule has 0 bridgehead atoms. The highest BCUT2D eigenvalue weighted by molar-refractivity contribution is 4.43. The van der Waals surface area contributed by atoms with Crippen molar-refractivity contribution in [1.82, 2.24) is 5.32 Å². The van der Waals surface area contributed by atoms with Crippen LogP contribution in [0.4, 0.5) is 0 Å². The van der Waals surface area contributed by atoms with E-state index in [1.54, 1.807) is 0 Å². The Hall–Kier alpha value is -0.0800. The van der Waals surface area contributed by atoms with E-state index in [1.807, 2.05) is 7.05 Å². The van der Waals surface area contributed by atoms with Crippen molar-refractivity contribution in [2.75, 3.05) is 20.2 Å². The van der Waals surface area contributed by atoms with Crippen LogP contribution >= 0.6 is 0 Å². The molecule has 2 nitrogen and oxygen atoms in total. The highest BCUT2D eigenvalue weighted by Crippen LogP contribution is 1.96. The van der Waals surface area contributed by atoms with E-state index in [0.717, 1.165) is 19.4 Å². The molecular weight excluding hydrogens is 114 g/mol. The minimum atomic E-state index is 0.337. The third-order valence-corrected chi connectivity index (χ3v) is 1.29. The Bertz CT molecular complexity index is 42.2. The van der Waals surface area contributed by atoms with Crippen molar-refractivity contribution in [3.05, 3.63) is 0 Å². The van der Waals surface area contributed by atoms with E-state index in [1.165, 1.54) is 12.8 Å². The van der Waals surface area contributed by atoms with E-state index in [9.17, 15) is 0 Å². The van der Waals surface area contributed by atoms with Crippen molar-refractivity contribution in [2.45, 2.75) is 25.7 Å². The lowest BCUT2D eigenvalue weighted by atomic mass is 10.2. The van der Waals surface area contributed by atoms with Crippen LogP contribution in [0, 0.1) is 0 Å². The first-order valence-electron chi connectivity index (χ1n) is 3.58. The quantitative estimate of drug-likeness (QED) is 0.529. The molecule has 9 heavy (non-hydrogen) atoms. The van der Waals surface area contributed by atoms with Gasteiger partial charge in [-0.25, -0.2) is 5.32 Å². The van der Waals surface area contributed by atoms with Gasteiger partial charge in [0.2, 0.25) is 0 Å². The monoisotopic (exact) mass is 130 g/mol. The second kappa shape index (κ2) is 7.92. The van der Waals surface area contributed by atoms with Crippen LogP contribution in [0.5, 0.6) is 0 Å². The van der Waals surface area contributed by atoms with Crippen molar-refractivity contribution < 1.29 is 5.11 Å². The molecule has 0 amide bonds. The fraction of sp³-hybridized carbons (Fsp3) is 1.00. The number of hydrogen-bond acceptors (Lipinski definition) is 1. The number of aliphatic hydroxyl groups is 1. The number of unbranched alkanes of at least 4 members (excludes halogenated alkanes) is 3. The molecule has 0 aromatic heterocycles. The molecular formula is C7H16NO. The number of aliphatic hydroxyl groups excluding tert-OH is 1. The molecule has 0 aromatic carbocycles. The van der Waals surface area contributed by atoms with Crippen LogP contribution < -0.4 is 5.32 Å². The van der Waals surface area contributed by atoms with E-state index >= 15 is 0 Å². The fourth-order valence-electron chi connectivity index (χ4n) is 0.735. The maximum Gasteiger partial charge on any atom is 0.0431 e. The highest BCUT2D eigenvalue weighted by atomic mass is 16.2. The maximum atomic E-state index is 8.40. The van der Waals surface area contributed by atoms with Crippen LogP contribution in [0.2, 0.25) is 0 Å². The Morgan fingerprint density at radius 1 is 1.11 bits per heavy atom. The van der Waals surface area contributed by atoms with Crippen molar-refractivity contribution in [3.63, 3.8) is 0 Å². The van der Waals surface area contributed by atoms with Crippen molar-refractivity contribution in [3.8, 4) is 0 Å². The Balaban J connectivity index is 2.60. The van der Waals surface area contributed by atoms with Crippen LogP contribution in [-0.4, -0.2) is 25.3 Å². The minimum Gasteiger partial charge on any atom is -0.396 e. The van der Waals surface area contributed by atoms with Gasteiger partial charge in [0.05, 0.1) is 0 Å².